The predicted octanol–water partition coefficient (Wildman–Crippen LogP) is 5.49. The number of pyridine rings is 1. The van der Waals surface area contributed by atoms with Crippen molar-refractivity contribution in [1.29, 1.82) is 0 Å². The van der Waals surface area contributed by atoms with E-state index in [4.69, 9.17) is 10.5 Å². The normalized spacial score (nSPS) is 11.1. The predicted molar refractivity (Wildman–Crippen MR) is 136 cm³/mol. The summed E-state index contributed by atoms with van der Waals surface area (Å²) in [6, 6.07) is 20.7. The topological polar surface area (TPSA) is 112 Å². The second-order valence-corrected chi connectivity index (χ2v) is 8.89. The Bertz CT molecular complexity index is 1590. The number of rotatable bonds is 8. The molecule has 5 aromatic rings. The lowest BCUT2D eigenvalue weighted by atomic mass is 10.0. The molecule has 186 valence electrons. The number of thiophene rings is 1. The third-order valence-electron chi connectivity index (χ3n) is 5.43. The number of carbonyl (C=O) groups is 2. The first kappa shape index (κ1) is 24.1. The number of amides is 2. The zero-order valence-corrected chi connectivity index (χ0v) is 19.9. The third-order valence-corrected chi connectivity index (χ3v) is 6.53. The van der Waals surface area contributed by atoms with Crippen LogP contribution < -0.4 is 15.8 Å². The number of halogens is 2. The van der Waals surface area contributed by atoms with E-state index in [2.05, 4.69) is 15.4 Å². The monoisotopic (exact) mass is 519 g/mol. The van der Waals surface area contributed by atoms with Crippen LogP contribution in [0, 0.1) is 0 Å². The number of carbonyl (C=O) groups excluding carboxylic acids is 2. The van der Waals surface area contributed by atoms with Gasteiger partial charge in [-0.15, -0.1) is 11.3 Å². The highest BCUT2D eigenvalue weighted by atomic mass is 32.1. The smallest absolute Gasteiger partial charge is 0.280 e. The summed E-state index contributed by atoms with van der Waals surface area (Å²) in [7, 11) is 0. The van der Waals surface area contributed by atoms with Gasteiger partial charge < -0.3 is 15.8 Å². The Morgan fingerprint density at radius 2 is 1.76 bits per heavy atom. The number of aromatic nitrogens is 3. The molecular weight excluding hydrogens is 500 g/mol. The lowest BCUT2D eigenvalue weighted by Gasteiger charge is -2.10. The van der Waals surface area contributed by atoms with Crippen LogP contribution in [0.5, 0.6) is 5.75 Å². The number of primary amides is 1. The van der Waals surface area contributed by atoms with Gasteiger partial charge in [0.15, 0.2) is 12.4 Å². The van der Waals surface area contributed by atoms with E-state index < -0.39 is 23.9 Å². The maximum Gasteiger partial charge on any atom is 0.280 e. The highest BCUT2D eigenvalue weighted by molar-refractivity contribution is 7.21. The van der Waals surface area contributed by atoms with Gasteiger partial charge in [0.05, 0.1) is 5.69 Å². The summed E-state index contributed by atoms with van der Waals surface area (Å²) in [5.41, 5.74) is 6.30. The van der Waals surface area contributed by atoms with Crippen molar-refractivity contribution < 1.29 is 23.1 Å². The first-order chi connectivity index (χ1) is 17.9. The molecule has 0 aliphatic carbocycles. The molecule has 0 atom stereocenters. The van der Waals surface area contributed by atoms with Crippen molar-refractivity contribution in [2.75, 3.05) is 5.32 Å². The summed E-state index contributed by atoms with van der Waals surface area (Å²) in [6.45, 7) is 0.0731. The van der Waals surface area contributed by atoms with Crippen molar-refractivity contribution in [3.63, 3.8) is 0 Å². The number of hydrogen-bond acceptors (Lipinski definition) is 6. The molecule has 3 aromatic heterocycles. The minimum absolute atomic E-state index is 0.00806. The number of para-hydroxylation sites is 1. The summed E-state index contributed by atoms with van der Waals surface area (Å²) in [4.78, 5) is 29.6. The van der Waals surface area contributed by atoms with E-state index in [1.807, 2.05) is 18.2 Å². The summed E-state index contributed by atoms with van der Waals surface area (Å²) in [5.74, 6) is -0.792. The zero-order valence-electron chi connectivity index (χ0n) is 19.1. The standard InChI is InChI=1S/C26H19F2N5O3S/c27-23(28)19-13-17(15-7-3-1-4-8-15)20-21(22(24(29)34)37-26(20)30-19)31-25(35)18-11-12-33(32-18)14-36-16-9-5-2-6-10-16/h1-13,23H,14H2,(H2,29,34)(H,31,35). The van der Waals surface area contributed by atoms with Crippen molar-refractivity contribution in [3.05, 3.63) is 95.3 Å². The number of nitrogens with one attached hydrogen (secondary N) is 1. The fourth-order valence-electron chi connectivity index (χ4n) is 3.76. The molecule has 11 heteroatoms. The van der Waals surface area contributed by atoms with Gasteiger partial charge in [0.25, 0.3) is 18.2 Å². The molecule has 0 aliphatic rings. The molecule has 0 fully saturated rings. The van der Waals surface area contributed by atoms with Crippen LogP contribution in [0.4, 0.5) is 14.5 Å². The van der Waals surface area contributed by atoms with Gasteiger partial charge in [-0.2, -0.15) is 5.10 Å². The molecule has 0 bridgehead atoms. The van der Waals surface area contributed by atoms with Gasteiger partial charge >= 0.3 is 0 Å². The highest BCUT2D eigenvalue weighted by Crippen LogP contribution is 2.42. The van der Waals surface area contributed by atoms with Crippen LogP contribution in [0.15, 0.2) is 79.0 Å². The fourth-order valence-corrected chi connectivity index (χ4v) is 4.77. The lowest BCUT2D eigenvalue weighted by molar-refractivity contribution is 0.100. The fraction of sp³-hybridized carbons (Fsp3) is 0.0769. The highest BCUT2D eigenvalue weighted by Gasteiger charge is 2.25. The number of ether oxygens (including phenoxy) is 1. The number of anilines is 1. The van der Waals surface area contributed by atoms with Crippen LogP contribution >= 0.6 is 11.3 Å². The van der Waals surface area contributed by atoms with Gasteiger partial charge in [0, 0.05) is 11.6 Å². The van der Waals surface area contributed by atoms with Crippen LogP contribution in [0.25, 0.3) is 21.3 Å². The molecule has 0 unspecified atom stereocenters. The zero-order chi connectivity index (χ0) is 25.9. The summed E-state index contributed by atoms with van der Waals surface area (Å²) in [6.07, 6.45) is -1.25. The maximum absolute atomic E-state index is 13.6. The van der Waals surface area contributed by atoms with Gasteiger partial charge in [0.1, 0.15) is 21.2 Å². The number of fused-ring (bicyclic) bond motifs is 1. The molecule has 2 amide bonds. The number of benzene rings is 2. The van der Waals surface area contributed by atoms with Crippen molar-refractivity contribution in [1.82, 2.24) is 14.8 Å². The Labute approximate surface area is 213 Å². The van der Waals surface area contributed by atoms with Crippen molar-refractivity contribution in [3.8, 4) is 16.9 Å². The first-order valence-electron chi connectivity index (χ1n) is 11.0. The van der Waals surface area contributed by atoms with E-state index in [1.54, 1.807) is 48.7 Å². The SMILES string of the molecule is NC(=O)c1sc2nc(C(F)F)cc(-c3ccccc3)c2c1NC(=O)c1ccn(COc2ccccc2)n1. The number of hydrogen-bond donors (Lipinski definition) is 2. The molecule has 0 saturated heterocycles. The third kappa shape index (κ3) is 5.02. The molecule has 37 heavy (non-hydrogen) atoms. The van der Waals surface area contributed by atoms with Gasteiger partial charge in [-0.25, -0.2) is 18.4 Å². The van der Waals surface area contributed by atoms with E-state index in [-0.39, 0.29) is 27.8 Å². The van der Waals surface area contributed by atoms with E-state index in [0.717, 1.165) is 11.3 Å². The van der Waals surface area contributed by atoms with E-state index >= 15 is 0 Å². The molecule has 5 rings (SSSR count). The molecule has 0 saturated carbocycles. The Morgan fingerprint density at radius 1 is 1.05 bits per heavy atom. The van der Waals surface area contributed by atoms with Crippen LogP contribution in [-0.4, -0.2) is 26.6 Å². The largest absolute Gasteiger partial charge is 0.471 e. The second kappa shape index (κ2) is 10.2. The average molecular weight is 520 g/mol. The molecule has 0 radical (unpaired) electrons. The van der Waals surface area contributed by atoms with E-state index in [9.17, 15) is 18.4 Å². The summed E-state index contributed by atoms with van der Waals surface area (Å²) >= 11 is 0.841. The molecule has 3 heterocycles. The van der Waals surface area contributed by atoms with Crippen molar-refractivity contribution >= 4 is 39.1 Å². The van der Waals surface area contributed by atoms with E-state index in [0.29, 0.717) is 22.3 Å². The molecule has 0 aliphatic heterocycles. The van der Waals surface area contributed by atoms with Crippen LogP contribution in [0.3, 0.4) is 0 Å². The Kier molecular flexibility index (Phi) is 6.60. The lowest BCUT2D eigenvalue weighted by Crippen LogP contribution is -2.17. The number of nitrogens with zero attached hydrogens (tertiary/aromatic N) is 3. The van der Waals surface area contributed by atoms with Crippen molar-refractivity contribution in [2.24, 2.45) is 5.73 Å². The maximum atomic E-state index is 13.6. The Hall–Kier alpha value is -4.64. The van der Waals surface area contributed by atoms with Crippen molar-refractivity contribution in [2.45, 2.75) is 13.2 Å². The quantitative estimate of drug-likeness (QED) is 0.282. The van der Waals surface area contributed by atoms with Crippen LogP contribution in [0.1, 0.15) is 32.3 Å². The molecule has 0 spiro atoms. The number of alkyl halides is 2. The Balaban J connectivity index is 1.51. The number of nitrogens with two attached hydrogens (primary N) is 1. The summed E-state index contributed by atoms with van der Waals surface area (Å²) in [5, 5.41) is 7.28. The summed E-state index contributed by atoms with van der Waals surface area (Å²) < 4.78 is 34.3. The molecule has 2 aromatic carbocycles. The molecule has 8 nitrogen and oxygen atoms in total. The van der Waals surface area contributed by atoms with Gasteiger partial charge in [0.2, 0.25) is 0 Å². The molecular formula is C26H19F2N5O3S. The minimum atomic E-state index is -2.83. The molecule has 3 N–H and O–H groups in total. The van der Waals surface area contributed by atoms with Gasteiger partial charge in [-0.05, 0) is 35.4 Å². The minimum Gasteiger partial charge on any atom is -0.471 e. The van der Waals surface area contributed by atoms with Crippen LogP contribution in [0.2, 0.25) is 0 Å². The second-order valence-electron chi connectivity index (χ2n) is 7.89. The Morgan fingerprint density at radius 3 is 2.43 bits per heavy atom. The average Bonchev–Trinajstić information content (AvgIpc) is 3.53. The first-order valence-corrected chi connectivity index (χ1v) is 11.9. The van der Waals surface area contributed by atoms with Gasteiger partial charge in [-0.3, -0.25) is 9.59 Å². The van der Waals surface area contributed by atoms with E-state index in [1.165, 1.54) is 16.8 Å². The van der Waals surface area contributed by atoms with Crippen LogP contribution in [-0.2, 0) is 6.73 Å². The van der Waals surface area contributed by atoms with Gasteiger partial charge in [-0.1, -0.05) is 48.5 Å².